The van der Waals surface area contributed by atoms with E-state index in [4.69, 9.17) is 9.47 Å². The van der Waals surface area contributed by atoms with E-state index in [0.29, 0.717) is 62.6 Å². The molecule has 42 heavy (non-hydrogen) atoms. The second-order valence-electron chi connectivity index (χ2n) is 14.8. The van der Waals surface area contributed by atoms with Gasteiger partial charge in [-0.05, 0) is 94.4 Å². The molecule has 8 nitrogen and oxygen atoms in total. The van der Waals surface area contributed by atoms with Crippen LogP contribution in [-0.4, -0.2) is 67.7 Å². The van der Waals surface area contributed by atoms with Gasteiger partial charge >= 0.3 is 5.97 Å². The molecule has 0 aromatic heterocycles. The fourth-order valence-corrected chi connectivity index (χ4v) is 8.88. The number of carboxylic acid groups (broad SMARTS) is 1. The lowest BCUT2D eigenvalue weighted by molar-refractivity contribution is -0.146. The maximum absolute atomic E-state index is 12.8. The highest BCUT2D eigenvalue weighted by molar-refractivity contribution is 5.87. The van der Waals surface area contributed by atoms with Crippen molar-refractivity contribution in [1.82, 2.24) is 16.0 Å². The maximum Gasteiger partial charge on any atom is 0.326 e. The Morgan fingerprint density at radius 1 is 0.976 bits per heavy atom. The fraction of sp³-hybridized carbons (Fsp3) is 0.941. The standard InChI is InChI=1S/C34H59N3O5/c1-33(16-20-41-21-17-33)32(40)37-29(31(38)39)13-19-42-27-22-25(23-27)11-12-26-24-34(28-10-9-18-35-30(28)36-26)14-7-5-3-2-4-6-8-15-34/h25-30,35-36H,2-24H2,1H3,(H,37,40)(H,38,39)/t25-,26?,27+,28?,29?,30?. The zero-order chi connectivity index (χ0) is 29.4. The quantitative estimate of drug-likeness (QED) is 0.265. The Kier molecular flexibility index (Phi) is 11.6. The average Bonchev–Trinajstić information content (AvgIpc) is 2.96. The highest BCUT2D eigenvalue weighted by Crippen LogP contribution is 2.51. The highest BCUT2D eigenvalue weighted by Gasteiger charge is 2.48. The Labute approximate surface area is 254 Å². The Morgan fingerprint density at radius 3 is 2.36 bits per heavy atom. The topological polar surface area (TPSA) is 109 Å². The molecule has 5 rings (SSSR count). The van der Waals surface area contributed by atoms with E-state index in [0.717, 1.165) is 25.3 Å². The number of aliphatic carboxylic acids is 1. The molecule has 5 aliphatic rings. The van der Waals surface area contributed by atoms with E-state index in [2.05, 4.69) is 16.0 Å². The molecule has 240 valence electrons. The lowest BCUT2D eigenvalue weighted by Crippen LogP contribution is -2.64. The van der Waals surface area contributed by atoms with Gasteiger partial charge in [-0.3, -0.25) is 10.1 Å². The van der Waals surface area contributed by atoms with Crippen LogP contribution in [0, 0.1) is 22.7 Å². The zero-order valence-corrected chi connectivity index (χ0v) is 26.3. The van der Waals surface area contributed by atoms with Crippen LogP contribution in [0.3, 0.4) is 0 Å². The number of nitrogens with one attached hydrogen (secondary N) is 3. The van der Waals surface area contributed by atoms with Crippen LogP contribution in [0.15, 0.2) is 0 Å². The van der Waals surface area contributed by atoms with E-state index in [1.807, 2.05) is 6.92 Å². The van der Waals surface area contributed by atoms with Crippen LogP contribution in [0.2, 0.25) is 0 Å². The molecule has 3 saturated heterocycles. The van der Waals surface area contributed by atoms with E-state index >= 15 is 0 Å². The van der Waals surface area contributed by atoms with Crippen molar-refractivity contribution in [3.63, 3.8) is 0 Å². The number of amides is 1. The lowest BCUT2D eigenvalue weighted by atomic mass is 9.59. The summed E-state index contributed by atoms with van der Waals surface area (Å²) >= 11 is 0. The lowest BCUT2D eigenvalue weighted by Gasteiger charge is -2.54. The van der Waals surface area contributed by atoms with Crippen LogP contribution in [0.25, 0.3) is 0 Å². The fourth-order valence-electron chi connectivity index (χ4n) is 8.88. The van der Waals surface area contributed by atoms with Gasteiger partial charge in [-0.1, -0.05) is 51.9 Å². The van der Waals surface area contributed by atoms with Gasteiger partial charge in [0, 0.05) is 32.3 Å². The number of rotatable bonds is 10. The van der Waals surface area contributed by atoms with Gasteiger partial charge in [0.2, 0.25) is 5.91 Å². The van der Waals surface area contributed by atoms with Crippen LogP contribution < -0.4 is 16.0 Å². The smallest absolute Gasteiger partial charge is 0.326 e. The molecule has 1 amide bonds. The molecule has 4 atom stereocenters. The normalized spacial score (nSPS) is 34.0. The van der Waals surface area contributed by atoms with E-state index in [-0.39, 0.29) is 12.0 Å². The van der Waals surface area contributed by atoms with Crippen molar-refractivity contribution in [3.8, 4) is 0 Å². The molecule has 4 N–H and O–H groups in total. The molecular formula is C34H59N3O5. The molecule has 0 aromatic carbocycles. The molecule has 2 aliphatic carbocycles. The average molecular weight is 590 g/mol. The highest BCUT2D eigenvalue weighted by atomic mass is 16.5. The van der Waals surface area contributed by atoms with Crippen molar-refractivity contribution in [2.75, 3.05) is 26.4 Å². The summed E-state index contributed by atoms with van der Waals surface area (Å²) in [4.78, 5) is 24.6. The van der Waals surface area contributed by atoms with Crippen molar-refractivity contribution in [3.05, 3.63) is 0 Å². The summed E-state index contributed by atoms with van der Waals surface area (Å²) in [6, 6.07) is -0.297. The molecule has 0 aromatic rings. The molecule has 8 heteroatoms. The van der Waals surface area contributed by atoms with Crippen LogP contribution >= 0.6 is 0 Å². The van der Waals surface area contributed by atoms with Crippen LogP contribution in [0.4, 0.5) is 0 Å². The minimum Gasteiger partial charge on any atom is -0.480 e. The number of fused-ring (bicyclic) bond motifs is 2. The van der Waals surface area contributed by atoms with Crippen LogP contribution in [-0.2, 0) is 19.1 Å². The Hall–Kier alpha value is -1.22. The van der Waals surface area contributed by atoms with Gasteiger partial charge in [0.1, 0.15) is 6.04 Å². The molecule has 4 unspecified atom stereocenters. The third-order valence-corrected chi connectivity index (χ3v) is 11.8. The van der Waals surface area contributed by atoms with Crippen molar-refractivity contribution in [2.24, 2.45) is 22.7 Å². The summed E-state index contributed by atoms with van der Waals surface area (Å²) in [6.07, 6.45) is 23.8. The third kappa shape index (κ3) is 8.28. The molecule has 0 radical (unpaired) electrons. The number of carboxylic acids is 1. The second kappa shape index (κ2) is 15.2. The Morgan fingerprint density at radius 2 is 1.67 bits per heavy atom. The molecular weight excluding hydrogens is 530 g/mol. The van der Waals surface area contributed by atoms with Gasteiger partial charge in [-0.15, -0.1) is 0 Å². The summed E-state index contributed by atoms with van der Waals surface area (Å²) < 4.78 is 11.5. The number of carbonyl (C=O) groups is 2. The van der Waals surface area contributed by atoms with Gasteiger partial charge in [0.25, 0.3) is 0 Å². The number of hydrogen-bond acceptors (Lipinski definition) is 6. The largest absolute Gasteiger partial charge is 0.480 e. The predicted molar refractivity (Wildman–Crippen MR) is 164 cm³/mol. The van der Waals surface area contributed by atoms with E-state index in [9.17, 15) is 14.7 Å². The SMILES string of the molecule is CC1(C(=O)NC(CCO[C@H]2C[C@@H](CCC3CC4(CCCCCCCCC4)C4CCCNC4N3)C2)C(=O)O)CCOCC1. The van der Waals surface area contributed by atoms with Gasteiger partial charge in [0.05, 0.1) is 17.7 Å². The molecule has 3 heterocycles. The van der Waals surface area contributed by atoms with Crippen molar-refractivity contribution < 1.29 is 24.2 Å². The van der Waals surface area contributed by atoms with E-state index in [1.54, 1.807) is 0 Å². The van der Waals surface area contributed by atoms with Gasteiger partial charge in [-0.25, -0.2) is 4.79 Å². The molecule has 3 aliphatic heterocycles. The minimum atomic E-state index is -0.989. The molecule has 5 fully saturated rings. The first-order valence-corrected chi connectivity index (χ1v) is 17.6. The summed E-state index contributed by atoms with van der Waals surface area (Å²) in [7, 11) is 0. The van der Waals surface area contributed by atoms with E-state index < -0.39 is 17.4 Å². The first-order chi connectivity index (χ1) is 20.4. The molecule has 1 spiro atoms. The molecule has 0 bridgehead atoms. The predicted octanol–water partition coefficient (Wildman–Crippen LogP) is 5.54. The van der Waals surface area contributed by atoms with Crippen molar-refractivity contribution in [1.29, 1.82) is 0 Å². The number of hydrogen-bond donors (Lipinski definition) is 4. The minimum absolute atomic E-state index is 0.180. The van der Waals surface area contributed by atoms with Gasteiger partial charge < -0.3 is 25.2 Å². The number of ether oxygens (including phenoxy) is 2. The maximum atomic E-state index is 12.8. The summed E-state index contributed by atoms with van der Waals surface area (Å²) in [5, 5.41) is 20.4. The van der Waals surface area contributed by atoms with Gasteiger partial charge in [0.15, 0.2) is 0 Å². The molecule has 2 saturated carbocycles. The van der Waals surface area contributed by atoms with Gasteiger partial charge in [-0.2, -0.15) is 0 Å². The summed E-state index contributed by atoms with van der Waals surface area (Å²) in [5.74, 6) is 0.330. The second-order valence-corrected chi connectivity index (χ2v) is 14.8. The summed E-state index contributed by atoms with van der Waals surface area (Å²) in [5.41, 5.74) is -0.0299. The Bertz CT molecular complexity index is 861. The first kappa shape index (κ1) is 32.2. The van der Waals surface area contributed by atoms with E-state index in [1.165, 1.54) is 89.9 Å². The van der Waals surface area contributed by atoms with Crippen molar-refractivity contribution >= 4 is 11.9 Å². The number of piperidine rings is 2. The number of carbonyl (C=O) groups excluding carboxylic acids is 1. The zero-order valence-electron chi connectivity index (χ0n) is 26.3. The third-order valence-electron chi connectivity index (χ3n) is 11.8. The van der Waals surface area contributed by atoms with Crippen LogP contribution in [0.5, 0.6) is 0 Å². The Balaban J connectivity index is 1.04. The van der Waals surface area contributed by atoms with Crippen LogP contribution in [0.1, 0.15) is 129 Å². The summed E-state index contributed by atoms with van der Waals surface area (Å²) in [6.45, 7) is 4.52. The monoisotopic (exact) mass is 589 g/mol. The van der Waals surface area contributed by atoms with Crippen molar-refractivity contribution in [2.45, 2.75) is 153 Å². The first-order valence-electron chi connectivity index (χ1n) is 17.6.